The minimum absolute atomic E-state index is 0.411. The van der Waals surface area contributed by atoms with Crippen molar-refractivity contribution >= 4 is 11.0 Å². The van der Waals surface area contributed by atoms with E-state index in [-0.39, 0.29) is 0 Å². The van der Waals surface area contributed by atoms with Gasteiger partial charge in [0.2, 0.25) is 6.29 Å². The summed E-state index contributed by atoms with van der Waals surface area (Å²) in [5, 5.41) is 39.7. The lowest BCUT2D eigenvalue weighted by Gasteiger charge is -2.39. The summed E-state index contributed by atoms with van der Waals surface area (Å²) in [4.78, 5) is 4.42. The second kappa shape index (κ2) is 9.21. The smallest absolute Gasteiger partial charge is 0.229 e. The molecular formula is C22H26N2O7. The van der Waals surface area contributed by atoms with Gasteiger partial charge in [0.15, 0.2) is 0 Å². The van der Waals surface area contributed by atoms with Gasteiger partial charge < -0.3 is 39.2 Å². The molecular weight excluding hydrogens is 404 g/mol. The number of benzene rings is 2. The van der Waals surface area contributed by atoms with Crippen molar-refractivity contribution in [2.45, 2.75) is 43.7 Å². The first-order valence-corrected chi connectivity index (χ1v) is 10.1. The minimum Gasteiger partial charge on any atom is -0.497 e. The van der Waals surface area contributed by atoms with Gasteiger partial charge in [0.1, 0.15) is 41.4 Å². The molecule has 5 atom stereocenters. The molecule has 2 aromatic carbocycles. The Kier molecular flexibility index (Phi) is 6.40. The number of aliphatic hydroxyl groups excluding tert-OH is 4. The number of para-hydroxylation sites is 1. The van der Waals surface area contributed by atoms with Crippen molar-refractivity contribution in [3.05, 3.63) is 54.4 Å². The zero-order valence-electron chi connectivity index (χ0n) is 17.0. The molecule has 9 nitrogen and oxygen atoms in total. The molecule has 0 radical (unpaired) electrons. The highest BCUT2D eigenvalue weighted by molar-refractivity contribution is 5.82. The fraction of sp³-hybridized carbons (Fsp3) is 0.409. The zero-order chi connectivity index (χ0) is 22.0. The highest BCUT2D eigenvalue weighted by Gasteiger charge is 2.44. The Morgan fingerprint density at radius 3 is 2.52 bits per heavy atom. The third-order valence-electron chi connectivity index (χ3n) is 5.49. The van der Waals surface area contributed by atoms with Gasteiger partial charge in [-0.25, -0.2) is 4.98 Å². The maximum absolute atomic E-state index is 10.3. The standard InChI is InChI=1S/C22H26N2O7/c1-29-14-7-5-13(6-8-14)9-10-24-12-23-15-3-2-4-16(18(15)24)30-22-21(28)20(27)19(26)17(11-25)31-22/h2-8,12,17,19-22,25-28H,9-11H2,1H3. The Bertz CT molecular complexity index is 1000. The Morgan fingerprint density at radius 2 is 1.81 bits per heavy atom. The number of imidazole rings is 1. The summed E-state index contributed by atoms with van der Waals surface area (Å²) in [5.74, 6) is 1.21. The average molecular weight is 430 g/mol. The molecule has 4 N–H and O–H groups in total. The van der Waals surface area contributed by atoms with Crippen molar-refractivity contribution in [2.75, 3.05) is 13.7 Å². The molecule has 0 aliphatic carbocycles. The number of methoxy groups -OCH3 is 1. The molecule has 9 heteroatoms. The van der Waals surface area contributed by atoms with E-state index in [0.717, 1.165) is 17.7 Å². The fourth-order valence-corrected chi connectivity index (χ4v) is 3.69. The molecule has 2 heterocycles. The Hall–Kier alpha value is -2.69. The third kappa shape index (κ3) is 4.36. The van der Waals surface area contributed by atoms with Gasteiger partial charge in [0.25, 0.3) is 0 Å². The van der Waals surface area contributed by atoms with Crippen LogP contribution in [-0.4, -0.2) is 74.4 Å². The van der Waals surface area contributed by atoms with Crippen LogP contribution in [0, 0.1) is 0 Å². The summed E-state index contributed by atoms with van der Waals surface area (Å²) in [6.07, 6.45) is -4.25. The second-order valence-electron chi connectivity index (χ2n) is 7.48. The van der Waals surface area contributed by atoms with Crippen molar-refractivity contribution in [2.24, 2.45) is 0 Å². The largest absolute Gasteiger partial charge is 0.497 e. The van der Waals surface area contributed by atoms with Crippen LogP contribution in [0.4, 0.5) is 0 Å². The van der Waals surface area contributed by atoms with Crippen LogP contribution in [0.5, 0.6) is 11.5 Å². The second-order valence-corrected chi connectivity index (χ2v) is 7.48. The van der Waals surface area contributed by atoms with Crippen LogP contribution in [0.2, 0.25) is 0 Å². The molecule has 3 aromatic rings. The maximum Gasteiger partial charge on any atom is 0.229 e. The zero-order valence-corrected chi connectivity index (χ0v) is 17.0. The van der Waals surface area contributed by atoms with Crippen molar-refractivity contribution in [3.8, 4) is 11.5 Å². The van der Waals surface area contributed by atoms with Crippen LogP contribution in [0.25, 0.3) is 11.0 Å². The molecule has 4 rings (SSSR count). The molecule has 1 aliphatic rings. The van der Waals surface area contributed by atoms with E-state index < -0.39 is 37.3 Å². The molecule has 0 amide bonds. The number of aryl methyl sites for hydroxylation is 2. The van der Waals surface area contributed by atoms with Crippen LogP contribution >= 0.6 is 0 Å². The highest BCUT2D eigenvalue weighted by Crippen LogP contribution is 2.30. The normalized spacial score (nSPS) is 26.2. The van der Waals surface area contributed by atoms with Gasteiger partial charge in [-0.15, -0.1) is 0 Å². The van der Waals surface area contributed by atoms with E-state index in [1.54, 1.807) is 25.6 Å². The first kappa shape index (κ1) is 21.5. The third-order valence-corrected chi connectivity index (χ3v) is 5.49. The van der Waals surface area contributed by atoms with Crippen molar-refractivity contribution in [1.82, 2.24) is 9.55 Å². The SMILES string of the molecule is COc1ccc(CCn2cnc3cccc(OC4OC(CO)C(O)C(O)C4O)c32)cc1. The Morgan fingerprint density at radius 1 is 1.03 bits per heavy atom. The Labute approximate surface area is 179 Å². The number of nitrogens with zero attached hydrogens (tertiary/aromatic N) is 2. The van der Waals surface area contributed by atoms with E-state index in [4.69, 9.17) is 14.2 Å². The molecule has 0 saturated carbocycles. The summed E-state index contributed by atoms with van der Waals surface area (Å²) >= 11 is 0. The van der Waals surface area contributed by atoms with Gasteiger partial charge in [0, 0.05) is 6.54 Å². The number of rotatable bonds is 7. The van der Waals surface area contributed by atoms with Gasteiger partial charge in [-0.3, -0.25) is 0 Å². The number of ether oxygens (including phenoxy) is 3. The monoisotopic (exact) mass is 430 g/mol. The van der Waals surface area contributed by atoms with E-state index in [2.05, 4.69) is 4.98 Å². The number of aromatic nitrogens is 2. The lowest BCUT2D eigenvalue weighted by molar-refractivity contribution is -0.277. The van der Waals surface area contributed by atoms with Gasteiger partial charge in [-0.1, -0.05) is 18.2 Å². The quantitative estimate of drug-likeness (QED) is 0.426. The lowest BCUT2D eigenvalue weighted by Crippen LogP contribution is -2.60. The molecule has 31 heavy (non-hydrogen) atoms. The van der Waals surface area contributed by atoms with E-state index in [1.807, 2.05) is 34.9 Å². The lowest BCUT2D eigenvalue weighted by atomic mass is 9.99. The van der Waals surface area contributed by atoms with Gasteiger partial charge in [-0.2, -0.15) is 0 Å². The molecule has 5 unspecified atom stereocenters. The van der Waals surface area contributed by atoms with E-state index >= 15 is 0 Å². The van der Waals surface area contributed by atoms with E-state index in [9.17, 15) is 20.4 Å². The molecule has 1 fully saturated rings. The van der Waals surface area contributed by atoms with Crippen LogP contribution in [0.15, 0.2) is 48.8 Å². The average Bonchev–Trinajstić information content (AvgIpc) is 3.22. The van der Waals surface area contributed by atoms with Crippen LogP contribution < -0.4 is 9.47 Å². The van der Waals surface area contributed by atoms with Crippen LogP contribution in [0.1, 0.15) is 5.56 Å². The molecule has 0 spiro atoms. The number of aliphatic hydroxyl groups is 4. The summed E-state index contributed by atoms with van der Waals surface area (Å²) in [5.41, 5.74) is 2.56. The predicted octanol–water partition coefficient (Wildman–Crippen LogP) is 0.466. The first-order valence-electron chi connectivity index (χ1n) is 10.1. The molecule has 1 saturated heterocycles. The predicted molar refractivity (Wildman–Crippen MR) is 111 cm³/mol. The minimum atomic E-state index is -1.50. The summed E-state index contributed by atoms with van der Waals surface area (Å²) < 4.78 is 18.5. The first-order chi connectivity index (χ1) is 15.0. The van der Waals surface area contributed by atoms with Crippen molar-refractivity contribution < 1.29 is 34.6 Å². The van der Waals surface area contributed by atoms with Gasteiger partial charge in [0.05, 0.1) is 25.6 Å². The van der Waals surface area contributed by atoms with Gasteiger partial charge >= 0.3 is 0 Å². The number of fused-ring (bicyclic) bond motifs is 1. The van der Waals surface area contributed by atoms with Crippen LogP contribution in [-0.2, 0) is 17.7 Å². The van der Waals surface area contributed by atoms with Crippen molar-refractivity contribution in [3.63, 3.8) is 0 Å². The van der Waals surface area contributed by atoms with Crippen LogP contribution in [0.3, 0.4) is 0 Å². The van der Waals surface area contributed by atoms with E-state index in [1.165, 1.54) is 0 Å². The topological polar surface area (TPSA) is 126 Å². The van der Waals surface area contributed by atoms with Gasteiger partial charge in [-0.05, 0) is 36.2 Å². The Balaban J connectivity index is 1.55. The fourth-order valence-electron chi connectivity index (χ4n) is 3.69. The maximum atomic E-state index is 10.3. The highest BCUT2D eigenvalue weighted by atomic mass is 16.7. The van der Waals surface area contributed by atoms with E-state index in [0.29, 0.717) is 23.3 Å². The summed E-state index contributed by atoms with van der Waals surface area (Å²) in [6, 6.07) is 13.2. The van der Waals surface area contributed by atoms with Crippen molar-refractivity contribution in [1.29, 1.82) is 0 Å². The summed E-state index contributed by atoms with van der Waals surface area (Å²) in [6.45, 7) is 0.118. The number of hydrogen-bond acceptors (Lipinski definition) is 8. The summed E-state index contributed by atoms with van der Waals surface area (Å²) in [7, 11) is 1.63. The molecule has 0 bridgehead atoms. The molecule has 1 aliphatic heterocycles. The number of hydrogen-bond donors (Lipinski definition) is 4. The molecule has 166 valence electrons. The molecule has 1 aromatic heterocycles.